The molecule has 1 aliphatic carbocycles. The molecule has 0 bridgehead atoms. The molecule has 1 atom stereocenters. The van der Waals surface area contributed by atoms with E-state index in [9.17, 15) is 4.79 Å². The molecule has 1 N–H and O–H groups in total. The molecule has 2 heterocycles. The molecule has 1 aromatic heterocycles. The summed E-state index contributed by atoms with van der Waals surface area (Å²) in [6.07, 6.45) is 8.35. The molecule has 1 unspecified atom stereocenters. The van der Waals surface area contributed by atoms with E-state index in [1.165, 1.54) is 12.0 Å². The van der Waals surface area contributed by atoms with Gasteiger partial charge in [-0.2, -0.15) is 0 Å². The van der Waals surface area contributed by atoms with E-state index in [0.29, 0.717) is 11.9 Å². The number of ether oxygens (including phenoxy) is 1. The number of aromatic nitrogens is 1. The van der Waals surface area contributed by atoms with Crippen LogP contribution in [-0.4, -0.2) is 29.3 Å². The first kappa shape index (κ1) is 17.2. The summed E-state index contributed by atoms with van der Waals surface area (Å²) in [5.74, 6) is 0.706. The number of amides is 1. The van der Waals surface area contributed by atoms with Gasteiger partial charge in [0.15, 0.2) is 0 Å². The van der Waals surface area contributed by atoms with E-state index in [-0.39, 0.29) is 12.1 Å². The topological polar surface area (TPSA) is 54.5 Å². The monoisotopic (exact) mass is 331 g/mol. The van der Waals surface area contributed by atoms with E-state index >= 15 is 0 Å². The fraction of sp³-hybridized carbons (Fsp3) is 0.684. The van der Waals surface area contributed by atoms with Crippen molar-refractivity contribution in [3.05, 3.63) is 23.9 Å². The number of hydrogen-bond donors (Lipinski definition) is 1. The van der Waals surface area contributed by atoms with Gasteiger partial charge in [-0.3, -0.25) is 4.90 Å². The molecule has 3 rings (SSSR count). The zero-order valence-corrected chi connectivity index (χ0v) is 15.0. The van der Waals surface area contributed by atoms with Crippen LogP contribution in [0.15, 0.2) is 18.3 Å². The van der Waals surface area contributed by atoms with Crippen molar-refractivity contribution in [3.8, 4) is 0 Å². The first-order valence-corrected chi connectivity index (χ1v) is 9.15. The highest BCUT2D eigenvalue weighted by Gasteiger charge is 2.32. The van der Waals surface area contributed by atoms with E-state index in [1.54, 1.807) is 4.90 Å². The molecule has 1 amide bonds. The van der Waals surface area contributed by atoms with Crippen LogP contribution in [0, 0.1) is 0 Å². The first-order valence-electron chi connectivity index (χ1n) is 9.15. The summed E-state index contributed by atoms with van der Waals surface area (Å²) >= 11 is 0. The van der Waals surface area contributed by atoms with Gasteiger partial charge >= 0.3 is 6.09 Å². The van der Waals surface area contributed by atoms with Crippen LogP contribution in [0.2, 0.25) is 0 Å². The minimum atomic E-state index is -0.498. The fourth-order valence-electron chi connectivity index (χ4n) is 3.62. The van der Waals surface area contributed by atoms with Crippen LogP contribution in [0.5, 0.6) is 0 Å². The number of carbonyl (C=O) groups excluding carboxylic acids is 1. The largest absolute Gasteiger partial charge is 0.443 e. The van der Waals surface area contributed by atoms with E-state index in [4.69, 9.17) is 4.74 Å². The average Bonchev–Trinajstić information content (AvgIpc) is 3.20. The molecule has 2 aliphatic rings. The third-order valence-corrected chi connectivity index (χ3v) is 4.76. The van der Waals surface area contributed by atoms with Crippen molar-refractivity contribution < 1.29 is 9.53 Å². The normalized spacial score (nSPS) is 21.9. The zero-order valence-electron chi connectivity index (χ0n) is 15.0. The first-order chi connectivity index (χ1) is 11.4. The Labute approximate surface area is 144 Å². The van der Waals surface area contributed by atoms with Crippen LogP contribution in [0.4, 0.5) is 10.6 Å². The lowest BCUT2D eigenvalue weighted by Gasteiger charge is -2.31. The van der Waals surface area contributed by atoms with Crippen LogP contribution in [0.1, 0.15) is 70.9 Å². The van der Waals surface area contributed by atoms with Crippen molar-refractivity contribution in [1.82, 2.24) is 10.3 Å². The van der Waals surface area contributed by atoms with Gasteiger partial charge in [-0.15, -0.1) is 0 Å². The molecule has 1 saturated carbocycles. The van der Waals surface area contributed by atoms with Crippen LogP contribution in [-0.2, 0) is 4.74 Å². The van der Waals surface area contributed by atoms with Gasteiger partial charge in [0, 0.05) is 18.3 Å². The SMILES string of the molecule is CC(C)(C)OC(=O)N(c1ccc(C2CCCN2)cn1)C1CCCC1. The van der Waals surface area contributed by atoms with Crippen LogP contribution < -0.4 is 10.2 Å². The predicted molar refractivity (Wildman–Crippen MR) is 95.2 cm³/mol. The summed E-state index contributed by atoms with van der Waals surface area (Å²) in [4.78, 5) is 19.1. The molecule has 132 valence electrons. The minimum absolute atomic E-state index is 0.197. The maximum Gasteiger partial charge on any atom is 0.416 e. The molecule has 1 aliphatic heterocycles. The maximum atomic E-state index is 12.7. The highest BCUT2D eigenvalue weighted by Crippen LogP contribution is 2.30. The Kier molecular flexibility index (Phi) is 5.09. The average molecular weight is 331 g/mol. The molecule has 5 nitrogen and oxygen atoms in total. The molecule has 0 spiro atoms. The van der Waals surface area contributed by atoms with Crippen molar-refractivity contribution >= 4 is 11.9 Å². The van der Waals surface area contributed by atoms with Gasteiger partial charge in [0.1, 0.15) is 11.4 Å². The second-order valence-corrected chi connectivity index (χ2v) is 7.89. The number of nitrogens with one attached hydrogen (secondary N) is 1. The second kappa shape index (κ2) is 7.09. The van der Waals surface area contributed by atoms with E-state index in [0.717, 1.165) is 38.6 Å². The summed E-state index contributed by atoms with van der Waals surface area (Å²) in [6.45, 7) is 6.78. The summed E-state index contributed by atoms with van der Waals surface area (Å²) < 4.78 is 5.63. The Balaban J connectivity index is 1.80. The second-order valence-electron chi connectivity index (χ2n) is 7.89. The lowest BCUT2D eigenvalue weighted by Crippen LogP contribution is -2.43. The van der Waals surface area contributed by atoms with E-state index in [2.05, 4.69) is 16.4 Å². The molecular formula is C19H29N3O2. The van der Waals surface area contributed by atoms with E-state index in [1.807, 2.05) is 33.0 Å². The lowest BCUT2D eigenvalue weighted by molar-refractivity contribution is 0.0564. The van der Waals surface area contributed by atoms with E-state index < -0.39 is 5.60 Å². The Morgan fingerprint density at radius 2 is 1.96 bits per heavy atom. The number of carbonyl (C=O) groups is 1. The molecule has 0 radical (unpaired) electrons. The molecule has 1 aromatic rings. The molecular weight excluding hydrogens is 302 g/mol. The summed E-state index contributed by atoms with van der Waals surface area (Å²) in [6, 6.07) is 4.66. The molecule has 24 heavy (non-hydrogen) atoms. The number of pyridine rings is 1. The summed E-state index contributed by atoms with van der Waals surface area (Å²) in [5, 5.41) is 3.49. The Morgan fingerprint density at radius 3 is 2.50 bits per heavy atom. The van der Waals surface area contributed by atoms with Crippen molar-refractivity contribution in [2.24, 2.45) is 0 Å². The number of rotatable bonds is 3. The van der Waals surface area contributed by atoms with Crippen molar-refractivity contribution in [2.45, 2.75) is 77.0 Å². The van der Waals surface area contributed by atoms with Gasteiger partial charge in [0.25, 0.3) is 0 Å². The number of anilines is 1. The van der Waals surface area contributed by atoms with Crippen LogP contribution >= 0.6 is 0 Å². The Morgan fingerprint density at radius 1 is 1.21 bits per heavy atom. The van der Waals surface area contributed by atoms with Gasteiger partial charge in [-0.1, -0.05) is 18.9 Å². The third kappa shape index (κ3) is 4.07. The number of hydrogen-bond acceptors (Lipinski definition) is 4. The smallest absolute Gasteiger partial charge is 0.416 e. The van der Waals surface area contributed by atoms with Crippen LogP contribution in [0.3, 0.4) is 0 Å². The third-order valence-electron chi connectivity index (χ3n) is 4.76. The van der Waals surface area contributed by atoms with Gasteiger partial charge < -0.3 is 10.1 Å². The zero-order chi connectivity index (χ0) is 17.2. The summed E-state index contributed by atoms with van der Waals surface area (Å²) in [5.41, 5.74) is 0.702. The highest BCUT2D eigenvalue weighted by molar-refractivity contribution is 5.87. The molecule has 2 fully saturated rings. The predicted octanol–water partition coefficient (Wildman–Crippen LogP) is 4.19. The Bertz CT molecular complexity index is 553. The fourth-order valence-corrected chi connectivity index (χ4v) is 3.62. The molecule has 1 saturated heterocycles. The molecule has 5 heteroatoms. The molecule has 0 aromatic carbocycles. The van der Waals surface area contributed by atoms with Crippen molar-refractivity contribution in [3.63, 3.8) is 0 Å². The van der Waals surface area contributed by atoms with Gasteiger partial charge in [0.05, 0.1) is 0 Å². The Hall–Kier alpha value is -1.62. The maximum absolute atomic E-state index is 12.7. The van der Waals surface area contributed by atoms with Crippen molar-refractivity contribution in [1.29, 1.82) is 0 Å². The summed E-state index contributed by atoms with van der Waals surface area (Å²) in [7, 11) is 0. The van der Waals surface area contributed by atoms with Crippen molar-refractivity contribution in [2.75, 3.05) is 11.4 Å². The standard InChI is InChI=1S/C19H29N3O2/c1-19(2,3)24-18(23)22(15-7-4-5-8-15)17-11-10-14(13-21-17)16-9-6-12-20-16/h10-11,13,15-16,20H,4-9,12H2,1-3H3. The van der Waals surface area contributed by atoms with Gasteiger partial charge in [-0.25, -0.2) is 9.78 Å². The van der Waals surface area contributed by atoms with Gasteiger partial charge in [-0.05, 0) is 64.6 Å². The van der Waals surface area contributed by atoms with Crippen LogP contribution in [0.25, 0.3) is 0 Å². The lowest BCUT2D eigenvalue weighted by atomic mass is 10.1. The number of nitrogens with zero attached hydrogens (tertiary/aromatic N) is 2. The quantitative estimate of drug-likeness (QED) is 0.902. The minimum Gasteiger partial charge on any atom is -0.443 e. The highest BCUT2D eigenvalue weighted by atomic mass is 16.6. The van der Waals surface area contributed by atoms with Gasteiger partial charge in [0.2, 0.25) is 0 Å².